The maximum atomic E-state index is 11.9. The fourth-order valence-corrected chi connectivity index (χ4v) is 2.03. The van der Waals surface area contributed by atoms with Gasteiger partial charge in [-0.05, 0) is 52.7 Å². The minimum atomic E-state index is -0.222. The number of carbonyl (C=O) groups excluding carboxylic acids is 1. The summed E-state index contributed by atoms with van der Waals surface area (Å²) in [6.07, 6.45) is 1.46. The monoisotopic (exact) mass is 309 g/mol. The standard InChI is InChI=1S/C13H12BrNO3/c1-8-7-9(3-4-11(8)17-2)15-13(16)10-5-6-18-12(10)14/h3-7H,1-2H3,(H,15,16). The summed E-state index contributed by atoms with van der Waals surface area (Å²) in [5.74, 6) is 0.567. The summed E-state index contributed by atoms with van der Waals surface area (Å²) in [4.78, 5) is 11.9. The lowest BCUT2D eigenvalue weighted by molar-refractivity contribution is 0.102. The van der Waals surface area contributed by atoms with E-state index in [0.29, 0.717) is 15.9 Å². The molecule has 1 N–H and O–H groups in total. The molecule has 0 bridgehead atoms. The summed E-state index contributed by atoms with van der Waals surface area (Å²) in [7, 11) is 1.61. The van der Waals surface area contributed by atoms with Crippen LogP contribution in [0.25, 0.3) is 0 Å². The van der Waals surface area contributed by atoms with E-state index < -0.39 is 0 Å². The molecule has 1 aromatic heterocycles. The van der Waals surface area contributed by atoms with E-state index in [-0.39, 0.29) is 5.91 Å². The number of halogens is 1. The molecule has 1 aromatic carbocycles. The molecule has 0 saturated heterocycles. The van der Waals surface area contributed by atoms with E-state index in [0.717, 1.165) is 11.3 Å². The Bertz CT molecular complexity index is 577. The molecular formula is C13H12BrNO3. The number of benzene rings is 1. The number of rotatable bonds is 3. The Kier molecular flexibility index (Phi) is 3.72. The quantitative estimate of drug-likeness (QED) is 0.942. The molecule has 0 spiro atoms. The van der Waals surface area contributed by atoms with Gasteiger partial charge in [0.1, 0.15) is 5.75 Å². The van der Waals surface area contributed by atoms with E-state index in [1.807, 2.05) is 19.1 Å². The zero-order valence-electron chi connectivity index (χ0n) is 9.99. The van der Waals surface area contributed by atoms with Gasteiger partial charge in [-0.2, -0.15) is 0 Å². The largest absolute Gasteiger partial charge is 0.496 e. The van der Waals surface area contributed by atoms with E-state index in [1.54, 1.807) is 19.2 Å². The number of hydrogen-bond donors (Lipinski definition) is 1. The zero-order chi connectivity index (χ0) is 13.1. The van der Waals surface area contributed by atoms with Crippen LogP contribution in [0.1, 0.15) is 15.9 Å². The van der Waals surface area contributed by atoms with Crippen molar-refractivity contribution in [3.8, 4) is 5.75 Å². The fraction of sp³-hybridized carbons (Fsp3) is 0.154. The first-order valence-electron chi connectivity index (χ1n) is 5.31. The number of hydrogen-bond acceptors (Lipinski definition) is 3. The first-order chi connectivity index (χ1) is 8.61. The minimum absolute atomic E-state index is 0.222. The number of methoxy groups -OCH3 is 1. The smallest absolute Gasteiger partial charge is 0.260 e. The zero-order valence-corrected chi connectivity index (χ0v) is 11.6. The van der Waals surface area contributed by atoms with Crippen LogP contribution in [-0.4, -0.2) is 13.0 Å². The second-order valence-electron chi connectivity index (χ2n) is 3.75. The predicted molar refractivity (Wildman–Crippen MR) is 72.1 cm³/mol. The normalized spacial score (nSPS) is 10.2. The average Bonchev–Trinajstić information content (AvgIpc) is 2.76. The third-order valence-corrected chi connectivity index (χ3v) is 3.13. The summed E-state index contributed by atoms with van der Waals surface area (Å²) in [6.45, 7) is 1.92. The van der Waals surface area contributed by atoms with Crippen molar-refractivity contribution in [2.75, 3.05) is 12.4 Å². The van der Waals surface area contributed by atoms with Crippen molar-refractivity contribution in [2.24, 2.45) is 0 Å². The van der Waals surface area contributed by atoms with E-state index in [4.69, 9.17) is 9.15 Å². The average molecular weight is 310 g/mol. The topological polar surface area (TPSA) is 51.5 Å². The summed E-state index contributed by atoms with van der Waals surface area (Å²) in [6, 6.07) is 7.06. The van der Waals surface area contributed by atoms with Crippen molar-refractivity contribution in [2.45, 2.75) is 6.92 Å². The molecule has 0 fully saturated rings. The molecule has 0 aliphatic carbocycles. The fourth-order valence-electron chi connectivity index (χ4n) is 1.61. The van der Waals surface area contributed by atoms with Gasteiger partial charge in [-0.15, -0.1) is 0 Å². The Labute approximate surface area is 113 Å². The molecular weight excluding hydrogens is 298 g/mol. The second kappa shape index (κ2) is 5.27. The highest BCUT2D eigenvalue weighted by Crippen LogP contribution is 2.23. The van der Waals surface area contributed by atoms with Gasteiger partial charge in [-0.1, -0.05) is 0 Å². The van der Waals surface area contributed by atoms with Crippen LogP contribution in [0.5, 0.6) is 5.75 Å². The minimum Gasteiger partial charge on any atom is -0.496 e. The number of furan rings is 1. The van der Waals surface area contributed by atoms with Crippen LogP contribution < -0.4 is 10.1 Å². The number of ether oxygens (including phenoxy) is 1. The van der Waals surface area contributed by atoms with Crippen LogP contribution in [0.15, 0.2) is 39.6 Å². The van der Waals surface area contributed by atoms with Gasteiger partial charge in [-0.25, -0.2) is 0 Å². The molecule has 0 radical (unpaired) electrons. The van der Waals surface area contributed by atoms with Gasteiger partial charge < -0.3 is 14.5 Å². The van der Waals surface area contributed by atoms with Crippen molar-refractivity contribution < 1.29 is 13.9 Å². The molecule has 2 rings (SSSR count). The van der Waals surface area contributed by atoms with Gasteiger partial charge in [0.2, 0.25) is 0 Å². The van der Waals surface area contributed by atoms with Crippen LogP contribution in [0.3, 0.4) is 0 Å². The van der Waals surface area contributed by atoms with Gasteiger partial charge in [0, 0.05) is 5.69 Å². The lowest BCUT2D eigenvalue weighted by Gasteiger charge is -2.08. The molecule has 1 heterocycles. The van der Waals surface area contributed by atoms with Crippen molar-refractivity contribution in [1.29, 1.82) is 0 Å². The highest BCUT2D eigenvalue weighted by Gasteiger charge is 2.13. The number of aryl methyl sites for hydroxylation is 1. The van der Waals surface area contributed by atoms with Crippen molar-refractivity contribution in [3.05, 3.63) is 46.3 Å². The highest BCUT2D eigenvalue weighted by atomic mass is 79.9. The number of amides is 1. The summed E-state index contributed by atoms with van der Waals surface area (Å²) in [5, 5.41) is 2.79. The molecule has 0 aliphatic heterocycles. The first-order valence-corrected chi connectivity index (χ1v) is 6.10. The van der Waals surface area contributed by atoms with E-state index in [2.05, 4.69) is 21.2 Å². The molecule has 0 atom stereocenters. The van der Waals surface area contributed by atoms with Crippen LogP contribution in [0, 0.1) is 6.92 Å². The van der Waals surface area contributed by atoms with Crippen LogP contribution in [-0.2, 0) is 0 Å². The van der Waals surface area contributed by atoms with E-state index in [1.165, 1.54) is 6.26 Å². The lowest BCUT2D eigenvalue weighted by atomic mass is 10.2. The molecule has 94 valence electrons. The van der Waals surface area contributed by atoms with Crippen LogP contribution in [0.2, 0.25) is 0 Å². The molecule has 5 heteroatoms. The first kappa shape index (κ1) is 12.7. The molecule has 1 amide bonds. The summed E-state index contributed by atoms with van der Waals surface area (Å²) < 4.78 is 10.6. The third kappa shape index (κ3) is 2.56. The van der Waals surface area contributed by atoms with Gasteiger partial charge in [-0.3, -0.25) is 4.79 Å². The van der Waals surface area contributed by atoms with Crippen LogP contribution in [0.4, 0.5) is 5.69 Å². The Balaban J connectivity index is 2.17. The number of carbonyl (C=O) groups is 1. The number of nitrogens with one attached hydrogen (secondary N) is 1. The molecule has 0 unspecified atom stereocenters. The van der Waals surface area contributed by atoms with Gasteiger partial charge in [0.15, 0.2) is 4.67 Å². The SMILES string of the molecule is COc1ccc(NC(=O)c2ccoc2Br)cc1C. The van der Waals surface area contributed by atoms with Crippen molar-refractivity contribution in [1.82, 2.24) is 0 Å². The lowest BCUT2D eigenvalue weighted by Crippen LogP contribution is -2.11. The second-order valence-corrected chi connectivity index (χ2v) is 4.47. The van der Waals surface area contributed by atoms with Gasteiger partial charge in [0.25, 0.3) is 5.91 Å². The molecule has 2 aromatic rings. The summed E-state index contributed by atoms with van der Waals surface area (Å²) in [5.41, 5.74) is 2.14. The molecule has 0 saturated carbocycles. The molecule has 0 aliphatic rings. The summed E-state index contributed by atoms with van der Waals surface area (Å²) >= 11 is 3.17. The van der Waals surface area contributed by atoms with Crippen molar-refractivity contribution in [3.63, 3.8) is 0 Å². The molecule has 4 nitrogen and oxygen atoms in total. The van der Waals surface area contributed by atoms with Gasteiger partial charge in [0.05, 0.1) is 18.9 Å². The maximum Gasteiger partial charge on any atom is 0.260 e. The van der Waals surface area contributed by atoms with E-state index >= 15 is 0 Å². The van der Waals surface area contributed by atoms with Gasteiger partial charge >= 0.3 is 0 Å². The Morgan fingerprint density at radius 1 is 1.39 bits per heavy atom. The van der Waals surface area contributed by atoms with Crippen LogP contribution >= 0.6 is 15.9 Å². The van der Waals surface area contributed by atoms with Crippen molar-refractivity contribution >= 4 is 27.5 Å². The molecule has 18 heavy (non-hydrogen) atoms. The third-order valence-electron chi connectivity index (χ3n) is 2.52. The number of anilines is 1. The highest BCUT2D eigenvalue weighted by molar-refractivity contribution is 9.10. The maximum absolute atomic E-state index is 11.9. The Hall–Kier alpha value is -1.75. The Morgan fingerprint density at radius 3 is 2.72 bits per heavy atom. The van der Waals surface area contributed by atoms with E-state index in [9.17, 15) is 4.79 Å². The predicted octanol–water partition coefficient (Wildman–Crippen LogP) is 3.61. The Morgan fingerprint density at radius 2 is 2.17 bits per heavy atom.